The summed E-state index contributed by atoms with van der Waals surface area (Å²) in [6.45, 7) is 3.14. The molecule has 0 atom stereocenters. The number of carbonyl (C=O) groups is 1. The number of amides is 1. The Hall–Kier alpha value is -2.42. The largest absolute Gasteiger partial charge is 0.451 e. The van der Waals surface area contributed by atoms with Gasteiger partial charge in [-0.15, -0.1) is 10.2 Å². The summed E-state index contributed by atoms with van der Waals surface area (Å²) in [6.07, 6.45) is -4.52. The number of rotatable bonds is 4. The highest BCUT2D eigenvalue weighted by Crippen LogP contribution is 2.29. The molecule has 1 amide bonds. The number of benzene rings is 1. The van der Waals surface area contributed by atoms with Gasteiger partial charge < -0.3 is 9.88 Å². The Balaban J connectivity index is 1.53. The average Bonchev–Trinajstić information content (AvgIpc) is 2.98. The first-order valence-electron chi connectivity index (χ1n) is 7.87. The Morgan fingerprint density at radius 2 is 1.92 bits per heavy atom. The number of nitrogens with one attached hydrogen (secondary N) is 1. The zero-order chi connectivity index (χ0) is 18.0. The third kappa shape index (κ3) is 4.16. The van der Waals surface area contributed by atoms with E-state index in [1.54, 1.807) is 4.90 Å². The van der Waals surface area contributed by atoms with Crippen LogP contribution in [-0.2, 0) is 30.6 Å². The van der Waals surface area contributed by atoms with Crippen molar-refractivity contribution in [2.24, 2.45) is 0 Å². The second-order valence-corrected chi connectivity index (χ2v) is 6.06. The van der Waals surface area contributed by atoms with Gasteiger partial charge in [0.2, 0.25) is 11.7 Å². The van der Waals surface area contributed by atoms with E-state index in [1.807, 2.05) is 31.2 Å². The Morgan fingerprint density at radius 3 is 2.60 bits per heavy atom. The van der Waals surface area contributed by atoms with E-state index in [9.17, 15) is 18.0 Å². The SMILES string of the molecule is Cc1ccc(CNC(=O)CN2CCn3c(nnc3C(F)(F)F)C2)cc1. The maximum absolute atomic E-state index is 12.8. The zero-order valence-corrected chi connectivity index (χ0v) is 13.7. The van der Waals surface area contributed by atoms with Gasteiger partial charge in [0, 0.05) is 19.6 Å². The lowest BCUT2D eigenvalue weighted by Crippen LogP contribution is -2.41. The molecule has 0 fully saturated rings. The smallest absolute Gasteiger partial charge is 0.351 e. The summed E-state index contributed by atoms with van der Waals surface area (Å²) in [4.78, 5) is 13.8. The van der Waals surface area contributed by atoms with Crippen LogP contribution in [0.4, 0.5) is 13.2 Å². The average molecular weight is 353 g/mol. The predicted molar refractivity (Wildman–Crippen MR) is 83.3 cm³/mol. The van der Waals surface area contributed by atoms with Crippen molar-refractivity contribution in [3.8, 4) is 0 Å². The van der Waals surface area contributed by atoms with E-state index in [0.717, 1.165) is 15.7 Å². The van der Waals surface area contributed by atoms with E-state index in [4.69, 9.17) is 0 Å². The number of halogens is 3. The van der Waals surface area contributed by atoms with E-state index < -0.39 is 12.0 Å². The molecule has 1 aliphatic rings. The summed E-state index contributed by atoms with van der Waals surface area (Å²) in [5.74, 6) is -0.930. The number of aryl methyl sites for hydroxylation is 1. The fourth-order valence-electron chi connectivity index (χ4n) is 2.72. The van der Waals surface area contributed by atoms with Crippen LogP contribution >= 0.6 is 0 Å². The summed E-state index contributed by atoms with van der Waals surface area (Å²) < 4.78 is 39.5. The lowest BCUT2D eigenvalue weighted by molar-refractivity contribution is -0.148. The first-order chi connectivity index (χ1) is 11.8. The van der Waals surface area contributed by atoms with Crippen molar-refractivity contribution in [1.29, 1.82) is 0 Å². The first-order valence-corrected chi connectivity index (χ1v) is 7.87. The molecule has 0 saturated carbocycles. The van der Waals surface area contributed by atoms with Gasteiger partial charge in [-0.3, -0.25) is 9.69 Å². The highest BCUT2D eigenvalue weighted by molar-refractivity contribution is 5.78. The lowest BCUT2D eigenvalue weighted by atomic mass is 10.1. The van der Waals surface area contributed by atoms with E-state index in [0.29, 0.717) is 13.1 Å². The van der Waals surface area contributed by atoms with Crippen LogP contribution in [-0.4, -0.2) is 38.7 Å². The highest BCUT2D eigenvalue weighted by Gasteiger charge is 2.39. The number of hydrogen-bond acceptors (Lipinski definition) is 4. The summed E-state index contributed by atoms with van der Waals surface area (Å²) >= 11 is 0. The number of carbonyl (C=O) groups excluding carboxylic acids is 1. The molecule has 6 nitrogen and oxygen atoms in total. The van der Waals surface area contributed by atoms with Crippen LogP contribution in [0.2, 0.25) is 0 Å². The number of hydrogen-bond donors (Lipinski definition) is 1. The standard InChI is InChI=1S/C16H18F3N5O/c1-11-2-4-12(5-3-11)8-20-14(25)10-23-6-7-24-13(9-23)21-22-15(24)16(17,18)19/h2-5H,6-10H2,1H3,(H,20,25). The van der Waals surface area contributed by atoms with Gasteiger partial charge in [0.1, 0.15) is 5.82 Å². The third-order valence-electron chi connectivity index (χ3n) is 4.06. The Kier molecular flexibility index (Phi) is 4.76. The van der Waals surface area contributed by atoms with Gasteiger partial charge in [0.05, 0.1) is 13.1 Å². The van der Waals surface area contributed by atoms with Crippen molar-refractivity contribution in [3.63, 3.8) is 0 Å². The minimum Gasteiger partial charge on any atom is -0.351 e. The molecule has 1 aliphatic heterocycles. The number of aromatic nitrogens is 3. The molecule has 25 heavy (non-hydrogen) atoms. The first kappa shape index (κ1) is 17.4. The van der Waals surface area contributed by atoms with E-state index in [1.165, 1.54) is 0 Å². The molecule has 134 valence electrons. The fraction of sp³-hybridized carbons (Fsp3) is 0.438. The maximum Gasteiger partial charge on any atom is 0.451 e. The second kappa shape index (κ2) is 6.83. The van der Waals surface area contributed by atoms with E-state index >= 15 is 0 Å². The van der Waals surface area contributed by atoms with Gasteiger partial charge in [-0.1, -0.05) is 29.8 Å². The van der Waals surface area contributed by atoms with Gasteiger partial charge in [0.25, 0.3) is 0 Å². The monoisotopic (exact) mass is 353 g/mol. The quantitative estimate of drug-likeness (QED) is 0.910. The predicted octanol–water partition coefficient (Wildman–Crippen LogP) is 1.74. The number of alkyl halides is 3. The van der Waals surface area contributed by atoms with Crippen molar-refractivity contribution < 1.29 is 18.0 Å². The lowest BCUT2D eigenvalue weighted by Gasteiger charge is -2.27. The van der Waals surface area contributed by atoms with E-state index in [-0.39, 0.29) is 31.4 Å². The minimum absolute atomic E-state index is 0.111. The molecule has 2 heterocycles. The molecular formula is C16H18F3N5O. The van der Waals surface area contributed by atoms with Crippen LogP contribution in [0.1, 0.15) is 22.8 Å². The second-order valence-electron chi connectivity index (χ2n) is 6.06. The number of fused-ring (bicyclic) bond motifs is 1. The number of nitrogens with zero attached hydrogens (tertiary/aromatic N) is 4. The highest BCUT2D eigenvalue weighted by atomic mass is 19.4. The zero-order valence-electron chi connectivity index (χ0n) is 13.7. The molecule has 9 heteroatoms. The van der Waals surface area contributed by atoms with Crippen LogP contribution in [0.25, 0.3) is 0 Å². The third-order valence-corrected chi connectivity index (χ3v) is 4.06. The molecule has 1 N–H and O–H groups in total. The molecule has 0 unspecified atom stereocenters. The molecular weight excluding hydrogens is 335 g/mol. The van der Waals surface area contributed by atoms with Gasteiger partial charge in [-0.05, 0) is 12.5 Å². The fourth-order valence-corrected chi connectivity index (χ4v) is 2.72. The molecule has 0 aliphatic carbocycles. The molecule has 2 aromatic rings. The summed E-state index contributed by atoms with van der Waals surface area (Å²) in [5.41, 5.74) is 2.14. The van der Waals surface area contributed by atoms with E-state index in [2.05, 4.69) is 15.5 Å². The Labute approximate surface area is 142 Å². The van der Waals surface area contributed by atoms with Crippen molar-refractivity contribution in [3.05, 3.63) is 47.0 Å². The topological polar surface area (TPSA) is 63.1 Å². The van der Waals surface area contributed by atoms with Gasteiger partial charge in [-0.2, -0.15) is 13.2 Å². The molecule has 1 aromatic heterocycles. The van der Waals surface area contributed by atoms with Crippen LogP contribution in [0, 0.1) is 6.92 Å². The molecule has 0 saturated heterocycles. The minimum atomic E-state index is -4.52. The summed E-state index contributed by atoms with van der Waals surface area (Å²) in [6, 6.07) is 7.82. The van der Waals surface area contributed by atoms with Gasteiger partial charge in [0.15, 0.2) is 0 Å². The van der Waals surface area contributed by atoms with Crippen LogP contribution in [0.15, 0.2) is 24.3 Å². The molecule has 0 bridgehead atoms. The van der Waals surface area contributed by atoms with Crippen molar-refractivity contribution in [2.45, 2.75) is 32.7 Å². The van der Waals surface area contributed by atoms with Gasteiger partial charge >= 0.3 is 6.18 Å². The normalized spacial score (nSPS) is 15.0. The maximum atomic E-state index is 12.8. The van der Waals surface area contributed by atoms with Gasteiger partial charge in [-0.25, -0.2) is 0 Å². The Bertz CT molecular complexity index is 754. The van der Waals surface area contributed by atoms with Crippen LogP contribution < -0.4 is 5.32 Å². The molecule has 3 rings (SSSR count). The Morgan fingerprint density at radius 1 is 1.20 bits per heavy atom. The van der Waals surface area contributed by atoms with Crippen molar-refractivity contribution in [2.75, 3.05) is 13.1 Å². The molecule has 0 spiro atoms. The molecule has 1 aromatic carbocycles. The molecule has 0 radical (unpaired) electrons. The van der Waals surface area contributed by atoms with Crippen LogP contribution in [0.3, 0.4) is 0 Å². The van der Waals surface area contributed by atoms with Crippen molar-refractivity contribution in [1.82, 2.24) is 25.0 Å². The summed E-state index contributed by atoms with van der Waals surface area (Å²) in [7, 11) is 0. The van der Waals surface area contributed by atoms with Crippen LogP contribution in [0.5, 0.6) is 0 Å². The van der Waals surface area contributed by atoms with Crippen molar-refractivity contribution >= 4 is 5.91 Å². The summed E-state index contributed by atoms with van der Waals surface area (Å²) in [5, 5.41) is 9.64.